The van der Waals surface area contributed by atoms with Gasteiger partial charge in [0.05, 0.1) is 25.4 Å². The Labute approximate surface area is 180 Å². The average Bonchev–Trinajstić information content (AvgIpc) is 3.22. The van der Waals surface area contributed by atoms with Gasteiger partial charge < -0.3 is 15.8 Å². The number of amides is 1. The number of rotatable bonds is 6. The molecule has 0 aliphatic carbocycles. The summed E-state index contributed by atoms with van der Waals surface area (Å²) in [5, 5.41) is 2.92. The molecule has 1 fully saturated rings. The Bertz CT molecular complexity index is 1060. The van der Waals surface area contributed by atoms with E-state index in [9.17, 15) is 9.18 Å². The van der Waals surface area contributed by atoms with E-state index >= 15 is 0 Å². The molecule has 1 aromatic heterocycles. The van der Waals surface area contributed by atoms with Gasteiger partial charge in [-0.2, -0.15) is 0 Å². The molecule has 1 saturated heterocycles. The van der Waals surface area contributed by atoms with Crippen molar-refractivity contribution < 1.29 is 13.9 Å². The molecule has 160 valence electrons. The maximum Gasteiger partial charge on any atom is 0.238 e. The lowest BCUT2D eigenvalue weighted by Gasteiger charge is -2.25. The molecule has 2 aromatic carbocycles. The Morgan fingerprint density at radius 3 is 2.68 bits per heavy atom. The first-order chi connectivity index (χ1) is 15.0. The summed E-state index contributed by atoms with van der Waals surface area (Å²) in [6.45, 7) is 0.997. The molecule has 1 amide bonds. The highest BCUT2D eigenvalue weighted by atomic mass is 19.1. The maximum atomic E-state index is 13.4. The number of hydrogen-bond acceptors (Lipinski definition) is 6. The Balaban J connectivity index is 1.53. The lowest BCUT2D eigenvalue weighted by Crippen LogP contribution is -2.33. The van der Waals surface area contributed by atoms with Crippen LogP contribution in [0.4, 0.5) is 16.0 Å². The Hall–Kier alpha value is -3.52. The predicted octanol–water partition coefficient (Wildman–Crippen LogP) is 3.65. The molecule has 0 saturated carbocycles. The van der Waals surface area contributed by atoms with Crippen molar-refractivity contribution in [2.45, 2.75) is 18.9 Å². The molecular formula is C23H24FN5O2. The minimum atomic E-state index is -0.306. The van der Waals surface area contributed by atoms with Crippen molar-refractivity contribution in [2.75, 3.05) is 31.2 Å². The number of halogens is 1. The van der Waals surface area contributed by atoms with Gasteiger partial charge in [0.25, 0.3) is 0 Å². The van der Waals surface area contributed by atoms with E-state index in [-0.39, 0.29) is 30.3 Å². The fraction of sp³-hybridized carbons (Fsp3) is 0.261. The molecule has 0 radical (unpaired) electrons. The van der Waals surface area contributed by atoms with E-state index in [0.29, 0.717) is 5.69 Å². The molecule has 1 atom stereocenters. The number of methoxy groups -OCH3 is 1. The molecule has 7 nitrogen and oxygen atoms in total. The number of likely N-dealkylation sites (tertiary alicyclic amines) is 1. The van der Waals surface area contributed by atoms with Crippen molar-refractivity contribution in [3.05, 3.63) is 66.2 Å². The number of carbonyl (C=O) groups is 1. The average molecular weight is 421 g/mol. The van der Waals surface area contributed by atoms with E-state index in [1.54, 1.807) is 49.7 Å². The third-order valence-electron chi connectivity index (χ3n) is 5.39. The van der Waals surface area contributed by atoms with Gasteiger partial charge in [-0.3, -0.25) is 9.69 Å². The number of aromatic nitrogens is 2. The van der Waals surface area contributed by atoms with Crippen LogP contribution in [0, 0.1) is 5.82 Å². The Morgan fingerprint density at radius 2 is 1.97 bits per heavy atom. The van der Waals surface area contributed by atoms with Crippen LogP contribution in [0.3, 0.4) is 0 Å². The summed E-state index contributed by atoms with van der Waals surface area (Å²) in [7, 11) is 1.60. The monoisotopic (exact) mass is 421 g/mol. The van der Waals surface area contributed by atoms with Crippen LogP contribution in [0.5, 0.6) is 5.75 Å². The molecule has 8 heteroatoms. The zero-order valence-electron chi connectivity index (χ0n) is 17.2. The minimum Gasteiger partial charge on any atom is -0.497 e. The van der Waals surface area contributed by atoms with Crippen molar-refractivity contribution in [2.24, 2.45) is 0 Å². The topological polar surface area (TPSA) is 93.4 Å². The zero-order valence-corrected chi connectivity index (χ0v) is 17.2. The van der Waals surface area contributed by atoms with Gasteiger partial charge in [-0.1, -0.05) is 12.1 Å². The van der Waals surface area contributed by atoms with Crippen molar-refractivity contribution in [3.63, 3.8) is 0 Å². The van der Waals surface area contributed by atoms with E-state index in [1.807, 2.05) is 0 Å². The van der Waals surface area contributed by atoms with Gasteiger partial charge >= 0.3 is 0 Å². The number of carbonyl (C=O) groups excluding carboxylic acids is 1. The first kappa shape index (κ1) is 20.7. The standard InChI is InChI=1S/C23H24FN5O2/c1-31-18-10-8-17(9-11-18)27-21(30)14-29-12-2-3-20(29)22-19(13-26-23(25)28-22)15-4-6-16(24)7-5-15/h4-11,13,20H,2-3,12,14H2,1H3,(H,27,30)(H2,25,26,28). The number of nitrogen functional groups attached to an aromatic ring is 1. The number of ether oxygens (including phenoxy) is 1. The number of nitrogens with one attached hydrogen (secondary N) is 1. The SMILES string of the molecule is COc1ccc(NC(=O)CN2CCCC2c2nc(N)ncc2-c2ccc(F)cc2)cc1. The van der Waals surface area contributed by atoms with Crippen LogP contribution in [0.1, 0.15) is 24.6 Å². The molecule has 0 bridgehead atoms. The second-order valence-electron chi connectivity index (χ2n) is 7.44. The van der Waals surface area contributed by atoms with E-state index < -0.39 is 0 Å². The van der Waals surface area contributed by atoms with Gasteiger partial charge in [0, 0.05) is 17.4 Å². The fourth-order valence-electron chi connectivity index (χ4n) is 3.90. The third-order valence-corrected chi connectivity index (χ3v) is 5.39. The number of benzene rings is 2. The predicted molar refractivity (Wildman–Crippen MR) is 117 cm³/mol. The Morgan fingerprint density at radius 1 is 1.23 bits per heavy atom. The van der Waals surface area contributed by atoms with Crippen LogP contribution in [-0.4, -0.2) is 41.0 Å². The van der Waals surface area contributed by atoms with Crippen molar-refractivity contribution in [1.82, 2.24) is 14.9 Å². The highest BCUT2D eigenvalue weighted by Crippen LogP contribution is 2.36. The first-order valence-electron chi connectivity index (χ1n) is 10.1. The van der Waals surface area contributed by atoms with Crippen LogP contribution < -0.4 is 15.8 Å². The summed E-state index contributed by atoms with van der Waals surface area (Å²) < 4.78 is 18.5. The van der Waals surface area contributed by atoms with Crippen LogP contribution in [0.15, 0.2) is 54.7 Å². The molecule has 3 N–H and O–H groups in total. The summed E-state index contributed by atoms with van der Waals surface area (Å²) in [4.78, 5) is 23.4. The van der Waals surface area contributed by atoms with Gasteiger partial charge in [0.1, 0.15) is 11.6 Å². The molecule has 3 aromatic rings. The quantitative estimate of drug-likeness (QED) is 0.631. The van der Waals surface area contributed by atoms with Gasteiger partial charge in [-0.25, -0.2) is 14.4 Å². The molecule has 1 aliphatic rings. The normalized spacial score (nSPS) is 16.3. The molecule has 1 aliphatic heterocycles. The van der Waals surface area contributed by atoms with Gasteiger partial charge in [-0.05, 0) is 61.3 Å². The second-order valence-corrected chi connectivity index (χ2v) is 7.44. The minimum absolute atomic E-state index is 0.0769. The van der Waals surface area contributed by atoms with E-state index in [4.69, 9.17) is 10.5 Å². The number of nitrogens with zero attached hydrogens (tertiary/aromatic N) is 3. The lowest BCUT2D eigenvalue weighted by molar-refractivity contribution is -0.117. The van der Waals surface area contributed by atoms with E-state index in [2.05, 4.69) is 20.2 Å². The highest BCUT2D eigenvalue weighted by molar-refractivity contribution is 5.92. The smallest absolute Gasteiger partial charge is 0.238 e. The highest BCUT2D eigenvalue weighted by Gasteiger charge is 2.31. The molecular weight excluding hydrogens is 397 g/mol. The van der Waals surface area contributed by atoms with Crippen LogP contribution in [-0.2, 0) is 4.79 Å². The number of anilines is 2. The zero-order chi connectivity index (χ0) is 21.8. The summed E-state index contributed by atoms with van der Waals surface area (Å²) in [5.74, 6) is 0.490. The van der Waals surface area contributed by atoms with Crippen molar-refractivity contribution in [3.8, 4) is 16.9 Å². The third kappa shape index (κ3) is 4.80. The Kier molecular flexibility index (Phi) is 6.08. The van der Waals surface area contributed by atoms with Crippen molar-refractivity contribution in [1.29, 1.82) is 0 Å². The van der Waals surface area contributed by atoms with Gasteiger partial charge in [0.2, 0.25) is 11.9 Å². The van der Waals surface area contributed by atoms with Crippen molar-refractivity contribution >= 4 is 17.5 Å². The van der Waals surface area contributed by atoms with Gasteiger partial charge in [0.15, 0.2) is 0 Å². The summed E-state index contributed by atoms with van der Waals surface area (Å²) in [6, 6.07) is 13.3. The summed E-state index contributed by atoms with van der Waals surface area (Å²) in [5.41, 5.74) is 8.95. The fourth-order valence-corrected chi connectivity index (χ4v) is 3.90. The van der Waals surface area contributed by atoms with Crippen LogP contribution in [0.2, 0.25) is 0 Å². The lowest BCUT2D eigenvalue weighted by atomic mass is 10.00. The molecule has 0 spiro atoms. The van der Waals surface area contributed by atoms with Crippen LogP contribution >= 0.6 is 0 Å². The van der Waals surface area contributed by atoms with Crippen LogP contribution in [0.25, 0.3) is 11.1 Å². The van der Waals surface area contributed by atoms with E-state index in [1.165, 1.54) is 12.1 Å². The second kappa shape index (κ2) is 9.09. The molecule has 31 heavy (non-hydrogen) atoms. The number of hydrogen-bond donors (Lipinski definition) is 2. The van der Waals surface area contributed by atoms with E-state index in [0.717, 1.165) is 42.0 Å². The largest absolute Gasteiger partial charge is 0.497 e. The molecule has 1 unspecified atom stereocenters. The summed E-state index contributed by atoms with van der Waals surface area (Å²) in [6.07, 6.45) is 3.45. The molecule has 4 rings (SSSR count). The molecule has 2 heterocycles. The van der Waals surface area contributed by atoms with Gasteiger partial charge in [-0.15, -0.1) is 0 Å². The first-order valence-corrected chi connectivity index (χ1v) is 10.1. The summed E-state index contributed by atoms with van der Waals surface area (Å²) >= 11 is 0. The maximum absolute atomic E-state index is 13.4. The number of nitrogens with two attached hydrogens (primary N) is 1.